The molecule has 1 aliphatic heterocycles. The Hall–Kier alpha value is -3.85. The van der Waals surface area contributed by atoms with Gasteiger partial charge in [-0.2, -0.15) is 0 Å². The van der Waals surface area contributed by atoms with E-state index in [1.165, 1.54) is 12.1 Å². The largest absolute Gasteiger partial charge is 0.492 e. The predicted molar refractivity (Wildman–Crippen MR) is 120 cm³/mol. The number of benzene rings is 2. The fourth-order valence-corrected chi connectivity index (χ4v) is 3.97. The third-order valence-electron chi connectivity index (χ3n) is 4.74. The van der Waals surface area contributed by atoms with E-state index in [0.29, 0.717) is 22.8 Å². The number of nitro benzene ring substituents is 1. The number of imide groups is 1. The van der Waals surface area contributed by atoms with E-state index in [4.69, 9.17) is 9.15 Å². The van der Waals surface area contributed by atoms with Crippen LogP contribution >= 0.6 is 11.8 Å². The second-order valence-corrected chi connectivity index (χ2v) is 7.96. The first-order valence-corrected chi connectivity index (χ1v) is 10.5. The van der Waals surface area contributed by atoms with Crippen LogP contribution in [-0.2, 0) is 4.79 Å². The molecule has 0 aliphatic carbocycles. The molecule has 3 aromatic rings. The monoisotopic (exact) mass is 450 g/mol. The highest BCUT2D eigenvalue weighted by atomic mass is 32.2. The van der Waals surface area contributed by atoms with Gasteiger partial charge in [0.1, 0.15) is 23.9 Å². The Bertz CT molecular complexity index is 1220. The summed E-state index contributed by atoms with van der Waals surface area (Å²) in [5, 5.41) is 10.8. The van der Waals surface area contributed by atoms with E-state index in [0.717, 1.165) is 22.2 Å². The number of amides is 2. The number of hydrogen-bond donors (Lipinski definition) is 0. The molecular formula is C23H18N2O6S. The summed E-state index contributed by atoms with van der Waals surface area (Å²) in [6.07, 6.45) is 1.46. The molecule has 1 aliphatic rings. The van der Waals surface area contributed by atoms with Crippen LogP contribution in [0.15, 0.2) is 70.0 Å². The van der Waals surface area contributed by atoms with Gasteiger partial charge in [0.05, 0.1) is 21.9 Å². The maximum Gasteiger partial charge on any atom is 0.293 e. The van der Waals surface area contributed by atoms with Gasteiger partial charge >= 0.3 is 0 Å². The number of rotatable bonds is 7. The van der Waals surface area contributed by atoms with Crippen LogP contribution in [0.4, 0.5) is 10.5 Å². The molecule has 0 bridgehead atoms. The van der Waals surface area contributed by atoms with Gasteiger partial charge in [0.25, 0.3) is 16.8 Å². The smallest absolute Gasteiger partial charge is 0.293 e. The molecule has 0 radical (unpaired) electrons. The zero-order valence-electron chi connectivity index (χ0n) is 17.0. The summed E-state index contributed by atoms with van der Waals surface area (Å²) >= 11 is 0.813. The number of aryl methyl sites for hydroxylation is 1. The summed E-state index contributed by atoms with van der Waals surface area (Å²) in [5.41, 5.74) is 1.36. The van der Waals surface area contributed by atoms with Crippen molar-refractivity contribution in [2.75, 3.05) is 13.2 Å². The third-order valence-corrected chi connectivity index (χ3v) is 5.65. The van der Waals surface area contributed by atoms with Crippen molar-refractivity contribution in [2.45, 2.75) is 6.92 Å². The van der Waals surface area contributed by atoms with Crippen molar-refractivity contribution in [3.8, 4) is 17.1 Å². The first-order valence-electron chi connectivity index (χ1n) is 9.71. The molecule has 0 spiro atoms. The maximum absolute atomic E-state index is 12.7. The quantitative estimate of drug-likeness (QED) is 0.274. The normalized spacial score (nSPS) is 14.9. The van der Waals surface area contributed by atoms with Gasteiger partial charge in [-0.15, -0.1) is 0 Å². The van der Waals surface area contributed by atoms with Crippen LogP contribution in [0.25, 0.3) is 17.4 Å². The number of furan rings is 1. The lowest BCUT2D eigenvalue weighted by Crippen LogP contribution is -2.32. The molecule has 8 nitrogen and oxygen atoms in total. The Labute approximate surface area is 187 Å². The van der Waals surface area contributed by atoms with Gasteiger partial charge in [-0.3, -0.25) is 24.6 Å². The number of thioether (sulfide) groups is 1. The van der Waals surface area contributed by atoms with Gasteiger partial charge in [-0.1, -0.05) is 29.8 Å². The van der Waals surface area contributed by atoms with Gasteiger partial charge in [-0.25, -0.2) is 0 Å². The summed E-state index contributed by atoms with van der Waals surface area (Å²) in [7, 11) is 0. The maximum atomic E-state index is 12.7. The van der Waals surface area contributed by atoms with Crippen molar-refractivity contribution in [1.29, 1.82) is 0 Å². The summed E-state index contributed by atoms with van der Waals surface area (Å²) in [5.74, 6) is 0.848. The van der Waals surface area contributed by atoms with E-state index in [1.54, 1.807) is 30.3 Å². The van der Waals surface area contributed by atoms with Crippen molar-refractivity contribution in [1.82, 2.24) is 4.90 Å². The molecule has 1 aromatic heterocycles. The molecule has 9 heteroatoms. The zero-order valence-corrected chi connectivity index (χ0v) is 17.8. The van der Waals surface area contributed by atoms with E-state index in [-0.39, 0.29) is 29.0 Å². The van der Waals surface area contributed by atoms with Crippen LogP contribution in [-0.4, -0.2) is 34.1 Å². The van der Waals surface area contributed by atoms with Crippen molar-refractivity contribution < 1.29 is 23.7 Å². The van der Waals surface area contributed by atoms with E-state index in [9.17, 15) is 19.7 Å². The molecular weight excluding hydrogens is 432 g/mol. The number of nitro groups is 1. The first kappa shape index (κ1) is 21.4. The van der Waals surface area contributed by atoms with Crippen LogP contribution in [0.5, 0.6) is 5.75 Å². The van der Waals surface area contributed by atoms with Crippen molar-refractivity contribution >= 4 is 34.7 Å². The minimum atomic E-state index is -0.485. The second-order valence-electron chi connectivity index (χ2n) is 6.97. The lowest BCUT2D eigenvalue weighted by atomic mass is 10.1. The molecule has 0 N–H and O–H groups in total. The number of nitrogens with zero attached hydrogens (tertiary/aromatic N) is 2. The number of carbonyl (C=O) groups excluding carboxylic acids is 2. The van der Waals surface area contributed by atoms with E-state index >= 15 is 0 Å². The van der Waals surface area contributed by atoms with Gasteiger partial charge in [-0.05, 0) is 49.0 Å². The molecule has 0 atom stereocenters. The van der Waals surface area contributed by atoms with E-state index in [1.807, 2.05) is 31.2 Å². The molecule has 32 heavy (non-hydrogen) atoms. The Morgan fingerprint density at radius 3 is 2.59 bits per heavy atom. The van der Waals surface area contributed by atoms with Gasteiger partial charge in [0, 0.05) is 12.1 Å². The zero-order chi connectivity index (χ0) is 22.7. The Balaban J connectivity index is 1.44. The number of hydrogen-bond acceptors (Lipinski definition) is 7. The molecule has 0 unspecified atom stereocenters. The van der Waals surface area contributed by atoms with Gasteiger partial charge < -0.3 is 9.15 Å². The Morgan fingerprint density at radius 1 is 1.09 bits per heavy atom. The highest BCUT2D eigenvalue weighted by Gasteiger charge is 2.35. The highest BCUT2D eigenvalue weighted by Crippen LogP contribution is 2.35. The number of para-hydroxylation sites is 1. The van der Waals surface area contributed by atoms with Crippen molar-refractivity contribution in [3.63, 3.8) is 0 Å². The van der Waals surface area contributed by atoms with Gasteiger partial charge in [0.2, 0.25) is 0 Å². The SMILES string of the molecule is Cc1ccc(OCCN2C(=O)S/C(=C\c3ccc(-c4ccccc4[N+](=O)[O-])o3)C2=O)cc1. The fraction of sp³-hybridized carbons (Fsp3) is 0.130. The molecule has 0 saturated carbocycles. The van der Waals surface area contributed by atoms with Crippen LogP contribution < -0.4 is 4.74 Å². The molecule has 1 fully saturated rings. The average molecular weight is 450 g/mol. The molecule has 162 valence electrons. The minimum Gasteiger partial charge on any atom is -0.492 e. The molecule has 2 heterocycles. The Kier molecular flexibility index (Phi) is 6.09. The third kappa shape index (κ3) is 4.57. The Morgan fingerprint density at radius 2 is 1.84 bits per heavy atom. The second kappa shape index (κ2) is 9.11. The standard InChI is InChI=1S/C23H18N2O6S/c1-15-6-8-16(9-7-15)30-13-12-24-22(26)21(32-23(24)27)14-17-10-11-20(31-17)18-4-2-3-5-19(18)25(28)29/h2-11,14H,12-13H2,1H3/b21-14-. The molecule has 4 rings (SSSR count). The topological polar surface area (TPSA) is 103 Å². The lowest BCUT2D eigenvalue weighted by Gasteiger charge is -2.13. The van der Waals surface area contributed by atoms with Crippen LogP contribution in [0.2, 0.25) is 0 Å². The average Bonchev–Trinajstić information content (AvgIpc) is 3.35. The molecule has 1 saturated heterocycles. The van der Waals surface area contributed by atoms with Crippen LogP contribution in [0.1, 0.15) is 11.3 Å². The predicted octanol–water partition coefficient (Wildman–Crippen LogP) is 5.28. The summed E-state index contributed by atoms with van der Waals surface area (Å²) in [6, 6.07) is 16.9. The van der Waals surface area contributed by atoms with E-state index in [2.05, 4.69) is 0 Å². The fourth-order valence-electron chi connectivity index (χ4n) is 3.13. The summed E-state index contributed by atoms with van der Waals surface area (Å²) < 4.78 is 11.3. The lowest BCUT2D eigenvalue weighted by molar-refractivity contribution is -0.384. The van der Waals surface area contributed by atoms with Gasteiger partial charge in [0.15, 0.2) is 0 Å². The van der Waals surface area contributed by atoms with E-state index < -0.39 is 10.8 Å². The van der Waals surface area contributed by atoms with Crippen LogP contribution in [0.3, 0.4) is 0 Å². The first-order chi connectivity index (χ1) is 15.4. The number of ether oxygens (including phenoxy) is 1. The summed E-state index contributed by atoms with van der Waals surface area (Å²) in [4.78, 5) is 37.0. The minimum absolute atomic E-state index is 0.0812. The summed E-state index contributed by atoms with van der Waals surface area (Å²) in [6.45, 7) is 2.27. The van der Waals surface area contributed by atoms with Crippen molar-refractivity contribution in [3.05, 3.63) is 87.0 Å². The molecule has 2 aromatic carbocycles. The van der Waals surface area contributed by atoms with Crippen LogP contribution in [0, 0.1) is 17.0 Å². The van der Waals surface area contributed by atoms with Crippen molar-refractivity contribution in [2.24, 2.45) is 0 Å². The highest BCUT2D eigenvalue weighted by molar-refractivity contribution is 8.18. The molecule has 2 amide bonds. The number of carbonyl (C=O) groups is 2.